The van der Waals surface area contributed by atoms with Gasteiger partial charge < -0.3 is 10.4 Å². The Labute approximate surface area is 95.6 Å². The summed E-state index contributed by atoms with van der Waals surface area (Å²) in [7, 11) is 0. The fourth-order valence-electron chi connectivity index (χ4n) is 1.23. The van der Waals surface area contributed by atoms with Crippen LogP contribution in [0.4, 0.5) is 5.82 Å². The lowest BCUT2D eigenvalue weighted by Crippen LogP contribution is -2.26. The highest BCUT2D eigenvalue weighted by molar-refractivity contribution is 9.10. The van der Waals surface area contributed by atoms with Gasteiger partial charge in [0.05, 0.1) is 17.2 Å². The van der Waals surface area contributed by atoms with Crippen LogP contribution in [0.25, 0.3) is 0 Å². The topological polar surface area (TPSA) is 45.1 Å². The number of pyridine rings is 1. The number of rotatable bonds is 3. The van der Waals surface area contributed by atoms with Crippen molar-refractivity contribution in [3.8, 4) is 0 Å². The molecule has 2 rings (SSSR count). The second-order valence-corrected chi connectivity index (χ2v) is 4.87. The number of aromatic nitrogens is 1. The van der Waals surface area contributed by atoms with Crippen molar-refractivity contribution in [2.75, 3.05) is 11.9 Å². The third-order valence-electron chi connectivity index (χ3n) is 2.35. The molecule has 0 aliphatic heterocycles. The minimum absolute atomic E-state index is 0.126. The fourth-order valence-corrected chi connectivity index (χ4v) is 1.91. The molecule has 1 saturated carbocycles. The lowest BCUT2D eigenvalue weighted by atomic mass is 10.3. The van der Waals surface area contributed by atoms with Crippen LogP contribution in [0.2, 0.25) is 5.02 Å². The van der Waals surface area contributed by atoms with Gasteiger partial charge in [-0.25, -0.2) is 4.98 Å². The zero-order valence-electron chi connectivity index (χ0n) is 7.43. The Morgan fingerprint density at radius 1 is 1.64 bits per heavy atom. The Bertz CT molecular complexity index is 355. The van der Waals surface area contributed by atoms with Gasteiger partial charge in [-0.1, -0.05) is 11.6 Å². The zero-order chi connectivity index (χ0) is 10.2. The van der Waals surface area contributed by atoms with E-state index in [4.69, 9.17) is 16.7 Å². The van der Waals surface area contributed by atoms with Crippen molar-refractivity contribution >= 4 is 33.3 Å². The molecule has 1 aliphatic rings. The second-order valence-electron chi connectivity index (χ2n) is 3.55. The Balaban J connectivity index is 2.17. The molecule has 0 unspecified atom stereocenters. The van der Waals surface area contributed by atoms with E-state index in [-0.39, 0.29) is 12.1 Å². The summed E-state index contributed by atoms with van der Waals surface area (Å²) in [4.78, 5) is 4.15. The Kier molecular flexibility index (Phi) is 2.68. The van der Waals surface area contributed by atoms with Crippen LogP contribution in [0, 0.1) is 0 Å². The number of hydrogen-bond donors (Lipinski definition) is 2. The molecule has 5 heteroatoms. The predicted octanol–water partition coefficient (Wildman–Crippen LogP) is 2.43. The van der Waals surface area contributed by atoms with E-state index in [0.717, 1.165) is 17.3 Å². The van der Waals surface area contributed by atoms with Crippen molar-refractivity contribution in [2.24, 2.45) is 0 Å². The van der Waals surface area contributed by atoms with Crippen LogP contribution in [0.15, 0.2) is 16.7 Å². The molecule has 0 amide bonds. The normalized spacial score (nSPS) is 17.9. The van der Waals surface area contributed by atoms with E-state index >= 15 is 0 Å². The first-order valence-electron chi connectivity index (χ1n) is 4.35. The van der Waals surface area contributed by atoms with E-state index in [0.29, 0.717) is 10.8 Å². The fraction of sp³-hybridized carbons (Fsp3) is 0.444. The Morgan fingerprint density at radius 2 is 2.36 bits per heavy atom. The lowest BCUT2D eigenvalue weighted by molar-refractivity contribution is 0.266. The molecular formula is C9H10BrClN2O. The molecule has 1 aromatic rings. The molecule has 0 saturated heterocycles. The van der Waals surface area contributed by atoms with Crippen LogP contribution >= 0.6 is 27.5 Å². The van der Waals surface area contributed by atoms with Crippen molar-refractivity contribution < 1.29 is 5.11 Å². The van der Waals surface area contributed by atoms with Crippen molar-refractivity contribution in [1.82, 2.24) is 4.98 Å². The molecular weight excluding hydrogens is 267 g/mol. The molecule has 0 spiro atoms. The number of aliphatic hydroxyl groups is 1. The average Bonchev–Trinajstić information content (AvgIpc) is 2.91. The van der Waals surface area contributed by atoms with Gasteiger partial charge in [0.2, 0.25) is 0 Å². The Morgan fingerprint density at radius 3 is 2.86 bits per heavy atom. The largest absolute Gasteiger partial charge is 0.394 e. The van der Waals surface area contributed by atoms with E-state index in [1.54, 1.807) is 12.3 Å². The predicted molar refractivity (Wildman–Crippen MR) is 59.6 cm³/mol. The van der Waals surface area contributed by atoms with Gasteiger partial charge in [0.15, 0.2) is 0 Å². The molecule has 14 heavy (non-hydrogen) atoms. The van der Waals surface area contributed by atoms with Crippen LogP contribution in [0.5, 0.6) is 0 Å². The van der Waals surface area contributed by atoms with Gasteiger partial charge in [0.25, 0.3) is 0 Å². The number of nitrogens with zero attached hydrogens (tertiary/aromatic N) is 1. The van der Waals surface area contributed by atoms with Crippen LogP contribution < -0.4 is 5.32 Å². The summed E-state index contributed by atoms with van der Waals surface area (Å²) < 4.78 is 0.849. The molecule has 1 aliphatic carbocycles. The first-order chi connectivity index (χ1) is 6.65. The summed E-state index contributed by atoms with van der Waals surface area (Å²) in [5.74, 6) is 0.640. The molecule has 1 aromatic heterocycles. The highest BCUT2D eigenvalue weighted by atomic mass is 79.9. The minimum Gasteiger partial charge on any atom is -0.394 e. The second kappa shape index (κ2) is 3.68. The van der Waals surface area contributed by atoms with Crippen molar-refractivity contribution in [1.29, 1.82) is 0 Å². The molecule has 1 heterocycles. The molecule has 1 fully saturated rings. The van der Waals surface area contributed by atoms with Crippen molar-refractivity contribution in [3.63, 3.8) is 0 Å². The van der Waals surface area contributed by atoms with Gasteiger partial charge in [-0.3, -0.25) is 0 Å². The summed E-state index contributed by atoms with van der Waals surface area (Å²) in [6.07, 6.45) is 3.62. The van der Waals surface area contributed by atoms with Crippen molar-refractivity contribution in [2.45, 2.75) is 18.4 Å². The summed E-state index contributed by atoms with van der Waals surface area (Å²) in [5, 5.41) is 12.8. The Hall–Kier alpha value is -0.320. The van der Waals surface area contributed by atoms with E-state index in [2.05, 4.69) is 26.2 Å². The van der Waals surface area contributed by atoms with Gasteiger partial charge in [-0.2, -0.15) is 0 Å². The summed E-state index contributed by atoms with van der Waals surface area (Å²) in [5.41, 5.74) is -0.176. The summed E-state index contributed by atoms with van der Waals surface area (Å²) >= 11 is 9.27. The monoisotopic (exact) mass is 276 g/mol. The van der Waals surface area contributed by atoms with Crippen LogP contribution in [-0.2, 0) is 0 Å². The summed E-state index contributed by atoms with van der Waals surface area (Å²) in [6.45, 7) is 0.126. The number of anilines is 1. The van der Waals surface area contributed by atoms with Crippen molar-refractivity contribution in [3.05, 3.63) is 21.8 Å². The molecule has 0 radical (unpaired) electrons. The van der Waals surface area contributed by atoms with Crippen LogP contribution in [-0.4, -0.2) is 22.2 Å². The third-order valence-corrected chi connectivity index (χ3v) is 3.07. The van der Waals surface area contributed by atoms with Gasteiger partial charge >= 0.3 is 0 Å². The first kappa shape index (κ1) is 10.2. The standard InChI is InChI=1S/C9H10BrClN2O/c10-6-3-7(11)8(12-4-6)13-9(5-14)1-2-9/h3-4,14H,1-2,5H2,(H,12,13). The van der Waals surface area contributed by atoms with Crippen LogP contribution in [0.1, 0.15) is 12.8 Å². The number of hydrogen-bond acceptors (Lipinski definition) is 3. The van der Waals surface area contributed by atoms with Crippen LogP contribution in [0.3, 0.4) is 0 Å². The van der Waals surface area contributed by atoms with E-state index < -0.39 is 0 Å². The van der Waals surface area contributed by atoms with Gasteiger partial charge in [0, 0.05) is 10.7 Å². The maximum absolute atomic E-state index is 9.12. The highest BCUT2D eigenvalue weighted by Crippen LogP contribution is 2.39. The van der Waals surface area contributed by atoms with Gasteiger partial charge in [-0.15, -0.1) is 0 Å². The highest BCUT2D eigenvalue weighted by Gasteiger charge is 2.42. The first-order valence-corrected chi connectivity index (χ1v) is 5.52. The maximum Gasteiger partial charge on any atom is 0.145 e. The van der Waals surface area contributed by atoms with E-state index in [1.165, 1.54) is 0 Å². The SMILES string of the molecule is OCC1(Nc2ncc(Br)cc2Cl)CC1. The molecule has 0 aromatic carbocycles. The quantitative estimate of drug-likeness (QED) is 0.892. The third kappa shape index (κ3) is 2.02. The molecule has 0 atom stereocenters. The molecule has 2 N–H and O–H groups in total. The lowest BCUT2D eigenvalue weighted by Gasteiger charge is -2.15. The molecule has 76 valence electrons. The number of halogens is 2. The minimum atomic E-state index is -0.176. The van der Waals surface area contributed by atoms with Gasteiger partial charge in [-0.05, 0) is 34.8 Å². The van der Waals surface area contributed by atoms with E-state index in [1.807, 2.05) is 0 Å². The summed E-state index contributed by atoms with van der Waals surface area (Å²) in [6, 6.07) is 1.78. The molecule has 0 bridgehead atoms. The number of aliphatic hydroxyl groups excluding tert-OH is 1. The number of nitrogens with one attached hydrogen (secondary N) is 1. The molecule has 3 nitrogen and oxygen atoms in total. The van der Waals surface area contributed by atoms with E-state index in [9.17, 15) is 0 Å². The zero-order valence-corrected chi connectivity index (χ0v) is 9.77. The average molecular weight is 278 g/mol. The maximum atomic E-state index is 9.12. The smallest absolute Gasteiger partial charge is 0.145 e. The van der Waals surface area contributed by atoms with Gasteiger partial charge in [0.1, 0.15) is 5.82 Å².